The Kier molecular flexibility index (Phi) is 6.20. The van der Waals surface area contributed by atoms with E-state index in [9.17, 15) is 9.59 Å². The fourth-order valence-corrected chi connectivity index (χ4v) is 4.46. The van der Waals surface area contributed by atoms with Gasteiger partial charge in [-0.25, -0.2) is 9.59 Å². The summed E-state index contributed by atoms with van der Waals surface area (Å²) in [6, 6.07) is 15.1. The number of halogens is 1. The topological polar surface area (TPSA) is 70.7 Å². The molecule has 0 fully saturated rings. The lowest BCUT2D eigenvalue weighted by Gasteiger charge is -2.34. The summed E-state index contributed by atoms with van der Waals surface area (Å²) < 4.78 is 6.24. The highest BCUT2D eigenvalue weighted by atomic mass is 79.9. The lowest BCUT2D eigenvalue weighted by molar-refractivity contribution is -0.139. The number of rotatable bonds is 5. The van der Waals surface area contributed by atoms with Crippen LogP contribution in [0.4, 0.5) is 4.79 Å². The van der Waals surface area contributed by atoms with Crippen LogP contribution in [0, 0.1) is 0 Å². The number of carbonyl (C=O) groups excluding carboxylic acids is 2. The van der Waals surface area contributed by atoms with Gasteiger partial charge in [-0.05, 0) is 42.2 Å². The number of hydrogen-bond donors (Lipinski definition) is 2. The SMILES string of the molecule is CCOC(=O)C1=C(CN2CCc3ccccc3C2)NC(=O)N[C@@H]1c1cccc(Br)c1. The number of ether oxygens (including phenoxy) is 1. The van der Waals surface area contributed by atoms with Crippen molar-refractivity contribution in [2.45, 2.75) is 25.9 Å². The van der Waals surface area contributed by atoms with E-state index in [-0.39, 0.29) is 12.6 Å². The number of benzene rings is 2. The van der Waals surface area contributed by atoms with Gasteiger partial charge in [-0.1, -0.05) is 52.3 Å². The zero-order valence-corrected chi connectivity index (χ0v) is 18.4. The second-order valence-corrected chi connectivity index (χ2v) is 8.34. The van der Waals surface area contributed by atoms with E-state index in [0.29, 0.717) is 17.8 Å². The summed E-state index contributed by atoms with van der Waals surface area (Å²) in [4.78, 5) is 27.6. The van der Waals surface area contributed by atoms with Crippen molar-refractivity contribution in [3.05, 3.63) is 81.0 Å². The number of urea groups is 1. The van der Waals surface area contributed by atoms with Crippen LogP contribution in [-0.4, -0.2) is 36.6 Å². The summed E-state index contributed by atoms with van der Waals surface area (Å²) >= 11 is 3.47. The number of nitrogens with one attached hydrogen (secondary N) is 2. The average Bonchev–Trinajstić information content (AvgIpc) is 2.73. The van der Waals surface area contributed by atoms with Crippen LogP contribution in [0.3, 0.4) is 0 Å². The number of fused-ring (bicyclic) bond motifs is 1. The summed E-state index contributed by atoms with van der Waals surface area (Å²) in [5, 5.41) is 5.75. The highest BCUT2D eigenvalue weighted by Gasteiger charge is 2.34. The quantitative estimate of drug-likeness (QED) is 0.655. The molecular formula is C23H24BrN3O3. The summed E-state index contributed by atoms with van der Waals surface area (Å²) in [6.07, 6.45) is 0.944. The lowest BCUT2D eigenvalue weighted by Crippen LogP contribution is -2.49. The molecule has 2 aliphatic rings. The van der Waals surface area contributed by atoms with E-state index in [0.717, 1.165) is 29.5 Å². The zero-order chi connectivity index (χ0) is 21.1. The number of nitrogens with zero attached hydrogens (tertiary/aromatic N) is 1. The van der Waals surface area contributed by atoms with Gasteiger partial charge in [-0.2, -0.15) is 0 Å². The maximum absolute atomic E-state index is 12.9. The molecule has 0 radical (unpaired) electrons. The molecule has 2 amide bonds. The van der Waals surface area contributed by atoms with Crippen molar-refractivity contribution in [3.8, 4) is 0 Å². The molecule has 2 aliphatic heterocycles. The Hall–Kier alpha value is -2.64. The predicted octanol–water partition coefficient (Wildman–Crippen LogP) is 3.68. The first-order valence-corrected chi connectivity index (χ1v) is 10.9. The van der Waals surface area contributed by atoms with E-state index in [1.165, 1.54) is 11.1 Å². The molecule has 0 spiro atoms. The van der Waals surface area contributed by atoms with Crippen LogP contribution in [0.25, 0.3) is 0 Å². The molecule has 2 aromatic rings. The summed E-state index contributed by atoms with van der Waals surface area (Å²) in [6.45, 7) is 4.16. The molecule has 7 heteroatoms. The third-order valence-corrected chi connectivity index (χ3v) is 5.92. The molecule has 4 rings (SSSR count). The van der Waals surface area contributed by atoms with Gasteiger partial charge in [0.15, 0.2) is 0 Å². The van der Waals surface area contributed by atoms with E-state index in [1.54, 1.807) is 6.92 Å². The van der Waals surface area contributed by atoms with E-state index in [4.69, 9.17) is 4.74 Å². The maximum atomic E-state index is 12.9. The van der Waals surface area contributed by atoms with Gasteiger partial charge in [-0.15, -0.1) is 0 Å². The molecule has 0 bridgehead atoms. The van der Waals surface area contributed by atoms with Gasteiger partial charge in [0, 0.05) is 29.8 Å². The Balaban J connectivity index is 1.68. The molecule has 0 saturated carbocycles. The fourth-order valence-electron chi connectivity index (χ4n) is 4.04. The third kappa shape index (κ3) is 4.42. The molecule has 30 heavy (non-hydrogen) atoms. The fraction of sp³-hybridized carbons (Fsp3) is 0.304. The van der Waals surface area contributed by atoms with E-state index in [2.05, 4.69) is 49.7 Å². The first-order valence-electron chi connectivity index (χ1n) is 10.1. The molecule has 0 aliphatic carbocycles. The number of amides is 2. The van der Waals surface area contributed by atoms with Crippen LogP contribution in [0.2, 0.25) is 0 Å². The number of esters is 1. The van der Waals surface area contributed by atoms with Crippen molar-refractivity contribution in [3.63, 3.8) is 0 Å². The number of hydrogen-bond acceptors (Lipinski definition) is 4. The maximum Gasteiger partial charge on any atom is 0.338 e. The molecule has 156 valence electrons. The zero-order valence-electron chi connectivity index (χ0n) is 16.8. The first-order chi connectivity index (χ1) is 14.5. The Morgan fingerprint density at radius 2 is 2.00 bits per heavy atom. The molecule has 2 aromatic carbocycles. The normalized spacial score (nSPS) is 19.0. The Morgan fingerprint density at radius 1 is 1.20 bits per heavy atom. The van der Waals surface area contributed by atoms with Gasteiger partial charge < -0.3 is 15.4 Å². The van der Waals surface area contributed by atoms with Gasteiger partial charge in [-0.3, -0.25) is 4.90 Å². The van der Waals surface area contributed by atoms with Crippen molar-refractivity contribution < 1.29 is 14.3 Å². The molecule has 2 heterocycles. The van der Waals surface area contributed by atoms with Crippen LogP contribution in [0.1, 0.15) is 29.7 Å². The minimum Gasteiger partial charge on any atom is -0.463 e. The van der Waals surface area contributed by atoms with Crippen molar-refractivity contribution in [2.75, 3.05) is 19.7 Å². The molecule has 6 nitrogen and oxygen atoms in total. The Labute approximate surface area is 184 Å². The second kappa shape index (κ2) is 9.02. The van der Waals surface area contributed by atoms with Crippen LogP contribution in [-0.2, 0) is 22.5 Å². The van der Waals surface area contributed by atoms with Crippen molar-refractivity contribution in [2.24, 2.45) is 0 Å². The van der Waals surface area contributed by atoms with E-state index < -0.39 is 12.0 Å². The minimum absolute atomic E-state index is 0.270. The van der Waals surface area contributed by atoms with Crippen LogP contribution < -0.4 is 10.6 Å². The summed E-state index contributed by atoms with van der Waals surface area (Å²) in [5.41, 5.74) is 4.51. The highest BCUT2D eigenvalue weighted by molar-refractivity contribution is 9.10. The van der Waals surface area contributed by atoms with Gasteiger partial charge in [0.25, 0.3) is 0 Å². The predicted molar refractivity (Wildman–Crippen MR) is 118 cm³/mol. The smallest absolute Gasteiger partial charge is 0.338 e. The first kappa shape index (κ1) is 20.6. The van der Waals surface area contributed by atoms with Gasteiger partial charge in [0.1, 0.15) is 0 Å². The van der Waals surface area contributed by atoms with Crippen LogP contribution in [0.5, 0.6) is 0 Å². The highest BCUT2D eigenvalue weighted by Crippen LogP contribution is 2.30. The molecule has 0 saturated heterocycles. The lowest BCUT2D eigenvalue weighted by atomic mass is 9.94. The van der Waals surface area contributed by atoms with E-state index >= 15 is 0 Å². The van der Waals surface area contributed by atoms with E-state index in [1.807, 2.05) is 30.3 Å². The molecule has 1 atom stereocenters. The molecule has 0 unspecified atom stereocenters. The van der Waals surface area contributed by atoms with Gasteiger partial charge in [0.2, 0.25) is 0 Å². The Bertz CT molecular complexity index is 1000. The van der Waals surface area contributed by atoms with Crippen LogP contribution in [0.15, 0.2) is 64.3 Å². The summed E-state index contributed by atoms with van der Waals surface area (Å²) in [7, 11) is 0. The largest absolute Gasteiger partial charge is 0.463 e. The van der Waals surface area contributed by atoms with Crippen LogP contribution >= 0.6 is 15.9 Å². The minimum atomic E-state index is -0.567. The Morgan fingerprint density at radius 3 is 2.77 bits per heavy atom. The monoisotopic (exact) mass is 469 g/mol. The van der Waals surface area contributed by atoms with Crippen molar-refractivity contribution >= 4 is 27.9 Å². The number of carbonyl (C=O) groups is 2. The molecule has 2 N–H and O–H groups in total. The third-order valence-electron chi connectivity index (χ3n) is 5.42. The second-order valence-electron chi connectivity index (χ2n) is 7.43. The summed E-state index contributed by atoms with van der Waals surface area (Å²) in [5.74, 6) is -0.414. The average molecular weight is 470 g/mol. The van der Waals surface area contributed by atoms with Gasteiger partial charge in [0.05, 0.1) is 18.2 Å². The van der Waals surface area contributed by atoms with Crippen molar-refractivity contribution in [1.82, 2.24) is 15.5 Å². The standard InChI is InChI=1S/C23H24BrN3O3/c1-2-30-22(28)20-19(14-27-11-10-15-6-3-4-7-17(15)13-27)25-23(29)26-21(20)16-8-5-9-18(24)12-16/h3-9,12,21H,2,10-11,13-14H2,1H3,(H2,25,26,29)/t21-/m1/s1. The van der Waals surface area contributed by atoms with Crippen molar-refractivity contribution in [1.29, 1.82) is 0 Å². The van der Waals surface area contributed by atoms with Gasteiger partial charge >= 0.3 is 12.0 Å². The molecular weight excluding hydrogens is 446 g/mol. The molecule has 0 aromatic heterocycles.